The summed E-state index contributed by atoms with van der Waals surface area (Å²) < 4.78 is 80.9. The molecule has 3 rings (SSSR count). The van der Waals surface area contributed by atoms with Gasteiger partial charge in [0.1, 0.15) is 5.82 Å². The molecule has 162 valence electrons. The van der Waals surface area contributed by atoms with Crippen LogP contribution in [0.15, 0.2) is 41.4 Å². The molecule has 6 nitrogen and oxygen atoms in total. The minimum atomic E-state index is -4.70. The highest BCUT2D eigenvalue weighted by molar-refractivity contribution is 7.89. The van der Waals surface area contributed by atoms with Gasteiger partial charge >= 0.3 is 6.18 Å². The molecule has 0 saturated carbocycles. The topological polar surface area (TPSA) is 79.4 Å². The van der Waals surface area contributed by atoms with Crippen molar-refractivity contribution in [3.8, 4) is 0 Å². The van der Waals surface area contributed by atoms with Crippen molar-refractivity contribution < 1.29 is 30.8 Å². The van der Waals surface area contributed by atoms with Crippen molar-refractivity contribution in [2.24, 2.45) is 0 Å². The number of carbonyl (C=O) groups is 1. The monoisotopic (exact) mass is 445 g/mol. The molecule has 1 aromatic carbocycles. The van der Waals surface area contributed by atoms with Gasteiger partial charge in [0, 0.05) is 31.8 Å². The molecule has 11 heteroatoms. The predicted molar refractivity (Wildman–Crippen MR) is 99.0 cm³/mol. The average Bonchev–Trinajstić information content (AvgIpc) is 3.16. The van der Waals surface area contributed by atoms with Gasteiger partial charge in [0.25, 0.3) is 0 Å². The Labute approximate surface area is 171 Å². The Kier molecular flexibility index (Phi) is 6.14. The summed E-state index contributed by atoms with van der Waals surface area (Å²) in [6.45, 7) is 0.951. The zero-order valence-electron chi connectivity index (χ0n) is 15.9. The lowest BCUT2D eigenvalue weighted by molar-refractivity contribution is -0.138. The van der Waals surface area contributed by atoms with Crippen molar-refractivity contribution in [1.82, 2.24) is 14.6 Å². The molecule has 0 aliphatic carbocycles. The van der Waals surface area contributed by atoms with E-state index in [2.05, 4.69) is 10.3 Å². The minimum Gasteiger partial charge on any atom is -0.352 e. The molecule has 1 atom stereocenters. The van der Waals surface area contributed by atoms with E-state index in [4.69, 9.17) is 0 Å². The number of amides is 1. The quantitative estimate of drug-likeness (QED) is 0.716. The van der Waals surface area contributed by atoms with Gasteiger partial charge in [0.15, 0.2) is 0 Å². The summed E-state index contributed by atoms with van der Waals surface area (Å²) in [5, 5.41) is 2.31. The van der Waals surface area contributed by atoms with Gasteiger partial charge in [-0.3, -0.25) is 9.78 Å². The lowest BCUT2D eigenvalue weighted by Gasteiger charge is -2.25. The molecule has 1 amide bonds. The molecule has 1 N–H and O–H groups in total. The van der Waals surface area contributed by atoms with Crippen LogP contribution in [0.4, 0.5) is 17.6 Å². The Balaban J connectivity index is 1.97. The van der Waals surface area contributed by atoms with Crippen LogP contribution in [-0.4, -0.2) is 30.2 Å². The van der Waals surface area contributed by atoms with Crippen LogP contribution in [0.2, 0.25) is 0 Å². The van der Waals surface area contributed by atoms with Gasteiger partial charge < -0.3 is 5.32 Å². The molecule has 2 heterocycles. The maximum absolute atomic E-state index is 13.6. The van der Waals surface area contributed by atoms with Crippen LogP contribution in [-0.2, 0) is 27.5 Å². The molecule has 1 aromatic heterocycles. The van der Waals surface area contributed by atoms with E-state index < -0.39 is 39.5 Å². The normalized spacial score (nSPS) is 17.8. The Hall–Kier alpha value is -2.53. The van der Waals surface area contributed by atoms with Crippen LogP contribution in [0.25, 0.3) is 0 Å². The molecule has 30 heavy (non-hydrogen) atoms. The summed E-state index contributed by atoms with van der Waals surface area (Å²) in [5.74, 6) is -1.09. The second kappa shape index (κ2) is 8.31. The van der Waals surface area contributed by atoms with Crippen LogP contribution >= 0.6 is 0 Å². The Morgan fingerprint density at radius 1 is 1.27 bits per heavy atom. The molecule has 2 aromatic rings. The Morgan fingerprint density at radius 2 is 1.93 bits per heavy atom. The first kappa shape index (κ1) is 22.2. The maximum atomic E-state index is 13.6. The Bertz CT molecular complexity index is 1040. The fraction of sp³-hybridized carbons (Fsp3) is 0.368. The Morgan fingerprint density at radius 3 is 2.53 bits per heavy atom. The molecular formula is C19H19F4N3O3S. The van der Waals surface area contributed by atoms with Crippen molar-refractivity contribution in [1.29, 1.82) is 0 Å². The first-order valence-corrected chi connectivity index (χ1v) is 10.5. The third-order valence-electron chi connectivity index (χ3n) is 4.81. The van der Waals surface area contributed by atoms with Gasteiger partial charge in [-0.05, 0) is 43.2 Å². The van der Waals surface area contributed by atoms with Crippen LogP contribution < -0.4 is 5.32 Å². The molecule has 1 aliphatic heterocycles. The van der Waals surface area contributed by atoms with Crippen molar-refractivity contribution in [3.63, 3.8) is 0 Å². The number of halogens is 4. The molecule has 0 spiro atoms. The van der Waals surface area contributed by atoms with E-state index in [1.54, 1.807) is 0 Å². The van der Waals surface area contributed by atoms with Crippen molar-refractivity contribution in [2.75, 3.05) is 6.54 Å². The number of aromatic nitrogens is 1. The van der Waals surface area contributed by atoms with Gasteiger partial charge in [-0.1, -0.05) is 0 Å². The zero-order valence-corrected chi connectivity index (χ0v) is 16.7. The van der Waals surface area contributed by atoms with Crippen molar-refractivity contribution in [2.45, 2.75) is 43.4 Å². The number of sulfonamides is 1. The number of nitrogens with one attached hydrogen (secondary N) is 1. The van der Waals surface area contributed by atoms with E-state index >= 15 is 0 Å². The number of rotatable bonds is 5. The minimum absolute atomic E-state index is 0.0305. The summed E-state index contributed by atoms with van der Waals surface area (Å²) in [7, 11) is -4.04. The SMILES string of the molecule is CC(=O)NCc1cnc(C2CCCN2S(=O)(=O)c2ccc(F)cc2)cc1C(F)(F)F. The first-order chi connectivity index (χ1) is 14.0. The maximum Gasteiger partial charge on any atom is 0.416 e. The standard InChI is InChI=1S/C19H19F4N3O3S/c1-12(27)24-10-13-11-25-17(9-16(13)19(21,22)23)18-3-2-8-26(18)30(28,29)15-6-4-14(20)5-7-15/h4-7,9,11,18H,2-3,8,10H2,1H3,(H,24,27). The molecule has 1 aliphatic rings. The summed E-state index contributed by atoms with van der Waals surface area (Å²) in [4.78, 5) is 15.0. The fourth-order valence-electron chi connectivity index (χ4n) is 3.37. The van der Waals surface area contributed by atoms with E-state index in [-0.39, 0.29) is 29.2 Å². The summed E-state index contributed by atoms with van der Waals surface area (Å²) in [5.41, 5.74) is -1.23. The second-order valence-corrected chi connectivity index (χ2v) is 8.79. The number of hydrogen-bond donors (Lipinski definition) is 1. The third-order valence-corrected chi connectivity index (χ3v) is 6.73. The van der Waals surface area contributed by atoms with Crippen LogP contribution in [0.5, 0.6) is 0 Å². The van der Waals surface area contributed by atoms with Crippen molar-refractivity contribution in [3.05, 3.63) is 59.2 Å². The highest BCUT2D eigenvalue weighted by Crippen LogP contribution is 2.39. The number of carbonyl (C=O) groups excluding carboxylic acids is 1. The van der Waals surface area contributed by atoms with Gasteiger partial charge in [-0.2, -0.15) is 17.5 Å². The fourth-order valence-corrected chi connectivity index (χ4v) is 5.04. The zero-order chi connectivity index (χ0) is 22.1. The van der Waals surface area contributed by atoms with Crippen molar-refractivity contribution >= 4 is 15.9 Å². The summed E-state index contributed by atoms with van der Waals surface area (Å²) >= 11 is 0. The lowest BCUT2D eigenvalue weighted by atomic mass is 10.0. The van der Waals surface area contributed by atoms with Gasteiger partial charge in [-0.15, -0.1) is 0 Å². The molecule has 0 bridgehead atoms. The van der Waals surface area contributed by atoms with E-state index in [9.17, 15) is 30.8 Å². The third kappa shape index (κ3) is 4.62. The number of hydrogen-bond acceptors (Lipinski definition) is 4. The number of nitrogens with zero attached hydrogens (tertiary/aromatic N) is 2. The average molecular weight is 445 g/mol. The summed E-state index contributed by atoms with van der Waals surface area (Å²) in [6, 6.07) is 4.20. The van der Waals surface area contributed by atoms with Crippen LogP contribution in [0.1, 0.15) is 42.6 Å². The van der Waals surface area contributed by atoms with E-state index in [0.717, 1.165) is 40.8 Å². The smallest absolute Gasteiger partial charge is 0.352 e. The number of alkyl halides is 3. The molecule has 1 unspecified atom stereocenters. The van der Waals surface area contributed by atoms with Gasteiger partial charge in [0.2, 0.25) is 15.9 Å². The van der Waals surface area contributed by atoms with E-state index in [0.29, 0.717) is 12.8 Å². The van der Waals surface area contributed by atoms with Crippen LogP contribution in [0.3, 0.4) is 0 Å². The van der Waals surface area contributed by atoms with Crippen LogP contribution in [0, 0.1) is 5.82 Å². The second-order valence-electron chi connectivity index (χ2n) is 6.90. The highest BCUT2D eigenvalue weighted by atomic mass is 32.2. The first-order valence-electron chi connectivity index (χ1n) is 9.08. The predicted octanol–water partition coefficient (Wildman–Crippen LogP) is 3.40. The van der Waals surface area contributed by atoms with E-state index in [1.807, 2.05) is 0 Å². The molecule has 1 saturated heterocycles. The summed E-state index contributed by atoms with van der Waals surface area (Å²) in [6.07, 6.45) is -2.95. The number of pyridine rings is 1. The van der Waals surface area contributed by atoms with Gasteiger partial charge in [-0.25, -0.2) is 12.8 Å². The molecule has 0 radical (unpaired) electrons. The number of benzene rings is 1. The van der Waals surface area contributed by atoms with E-state index in [1.165, 1.54) is 6.92 Å². The lowest BCUT2D eigenvalue weighted by Crippen LogP contribution is -2.31. The highest BCUT2D eigenvalue weighted by Gasteiger charge is 2.39. The molecular weight excluding hydrogens is 426 g/mol. The van der Waals surface area contributed by atoms with Gasteiger partial charge in [0.05, 0.1) is 22.2 Å². The molecule has 1 fully saturated rings. The largest absolute Gasteiger partial charge is 0.416 e.